The first-order valence-corrected chi connectivity index (χ1v) is 10.7. The molecule has 0 fully saturated rings. The number of nitrogens with one attached hydrogen (secondary N) is 2. The summed E-state index contributed by atoms with van der Waals surface area (Å²) in [6, 6.07) is 15.4. The topological polar surface area (TPSA) is 93.9 Å². The Morgan fingerprint density at radius 3 is 2.33 bits per heavy atom. The average Bonchev–Trinajstić information content (AvgIpc) is 2.76. The molecule has 0 spiro atoms. The lowest BCUT2D eigenvalue weighted by Crippen LogP contribution is -2.04. The van der Waals surface area contributed by atoms with E-state index in [2.05, 4.69) is 15.6 Å². The maximum absolute atomic E-state index is 11.6. The fourth-order valence-corrected chi connectivity index (χ4v) is 3.62. The fourth-order valence-electron chi connectivity index (χ4n) is 3.19. The standard InChI is InChI=1S/C25H19Cl2N3O3/c1-14-4-2-3-5-19(14)28-23-13-25(33)24(30-21-9-7-16(32)11-18(21)27)12-22(23)29-20-8-6-15(31)10-17(20)26/h2-13,28,30,32-33H,1H3. The number of halogens is 2. The van der Waals surface area contributed by atoms with E-state index in [1.165, 1.54) is 30.4 Å². The van der Waals surface area contributed by atoms with Gasteiger partial charge in [0.25, 0.3) is 0 Å². The van der Waals surface area contributed by atoms with Crippen LogP contribution in [0.25, 0.3) is 0 Å². The summed E-state index contributed by atoms with van der Waals surface area (Å²) in [7, 11) is 0. The number of aliphatic imine (C=N–C) groups is 1. The number of benzene rings is 3. The molecular weight excluding hydrogens is 461 g/mol. The van der Waals surface area contributed by atoms with Gasteiger partial charge < -0.3 is 20.8 Å². The van der Waals surface area contributed by atoms with Gasteiger partial charge in [-0.2, -0.15) is 0 Å². The predicted octanol–water partition coefficient (Wildman–Crippen LogP) is 6.88. The fraction of sp³-hybridized carbons (Fsp3) is 0.0400. The normalized spacial score (nSPS) is 14.3. The second-order valence-corrected chi connectivity index (χ2v) is 8.15. The SMILES string of the molecule is Cc1ccccc1Nc1cc(O)c(Nc2ccc(O)cc2Cl)cc1N=C1C=CC(=O)C=C1Cl. The van der Waals surface area contributed by atoms with Crippen LogP contribution in [-0.2, 0) is 4.79 Å². The quantitative estimate of drug-likeness (QED) is 0.181. The summed E-state index contributed by atoms with van der Waals surface area (Å²) in [4.78, 5) is 16.2. The lowest BCUT2D eigenvalue weighted by atomic mass is 10.1. The van der Waals surface area contributed by atoms with Crippen molar-refractivity contribution in [2.45, 2.75) is 6.92 Å². The number of phenols is 2. The molecule has 0 aliphatic heterocycles. The molecule has 0 aromatic heterocycles. The predicted molar refractivity (Wildman–Crippen MR) is 134 cm³/mol. The van der Waals surface area contributed by atoms with Gasteiger partial charge in [0.2, 0.25) is 0 Å². The number of hydrogen-bond donors (Lipinski definition) is 4. The van der Waals surface area contributed by atoms with E-state index in [1.54, 1.807) is 18.2 Å². The van der Waals surface area contributed by atoms with Crippen molar-refractivity contribution in [1.82, 2.24) is 0 Å². The largest absolute Gasteiger partial charge is 0.508 e. The van der Waals surface area contributed by atoms with Gasteiger partial charge in [0, 0.05) is 23.9 Å². The molecular formula is C25H19Cl2N3O3. The second kappa shape index (κ2) is 9.40. The Hall–Kier alpha value is -3.74. The van der Waals surface area contributed by atoms with Crippen LogP contribution in [0.5, 0.6) is 11.5 Å². The maximum atomic E-state index is 11.6. The van der Waals surface area contributed by atoms with Gasteiger partial charge in [0.05, 0.1) is 38.5 Å². The first-order chi connectivity index (χ1) is 15.8. The van der Waals surface area contributed by atoms with Gasteiger partial charge >= 0.3 is 0 Å². The minimum Gasteiger partial charge on any atom is -0.508 e. The first-order valence-electron chi connectivity index (χ1n) is 9.93. The molecule has 8 heteroatoms. The molecule has 3 aromatic rings. The summed E-state index contributed by atoms with van der Waals surface area (Å²) in [6.07, 6.45) is 4.22. The van der Waals surface area contributed by atoms with Crippen LogP contribution in [0.15, 0.2) is 82.9 Å². The monoisotopic (exact) mass is 479 g/mol. The van der Waals surface area contributed by atoms with Crippen LogP contribution in [0.3, 0.4) is 0 Å². The van der Waals surface area contributed by atoms with Crippen LogP contribution in [0.1, 0.15) is 5.56 Å². The molecule has 166 valence electrons. The van der Waals surface area contributed by atoms with E-state index in [0.717, 1.165) is 11.3 Å². The summed E-state index contributed by atoms with van der Waals surface area (Å²) in [5, 5.41) is 27.2. The minimum absolute atomic E-state index is 0.0275. The zero-order valence-corrected chi connectivity index (χ0v) is 18.9. The third-order valence-electron chi connectivity index (χ3n) is 4.91. The molecule has 0 heterocycles. The van der Waals surface area contributed by atoms with E-state index in [9.17, 15) is 15.0 Å². The Kier molecular flexibility index (Phi) is 6.40. The lowest BCUT2D eigenvalue weighted by molar-refractivity contribution is -0.110. The zero-order valence-electron chi connectivity index (χ0n) is 17.4. The smallest absolute Gasteiger partial charge is 0.180 e. The van der Waals surface area contributed by atoms with Gasteiger partial charge in [0.1, 0.15) is 11.5 Å². The van der Waals surface area contributed by atoms with Crippen molar-refractivity contribution < 1.29 is 15.0 Å². The molecule has 0 saturated heterocycles. The Balaban J connectivity index is 1.80. The van der Waals surface area contributed by atoms with Gasteiger partial charge in [-0.25, -0.2) is 4.99 Å². The number of hydrogen-bond acceptors (Lipinski definition) is 6. The lowest BCUT2D eigenvalue weighted by Gasteiger charge is -2.17. The molecule has 33 heavy (non-hydrogen) atoms. The summed E-state index contributed by atoms with van der Waals surface area (Å²) in [6.45, 7) is 1.96. The van der Waals surface area contributed by atoms with Crippen molar-refractivity contribution >= 4 is 63.1 Å². The Labute approximate surface area is 200 Å². The highest BCUT2D eigenvalue weighted by Gasteiger charge is 2.15. The molecule has 4 rings (SSSR count). The van der Waals surface area contributed by atoms with E-state index in [4.69, 9.17) is 23.2 Å². The van der Waals surface area contributed by atoms with Crippen molar-refractivity contribution in [3.05, 3.63) is 88.4 Å². The van der Waals surface area contributed by atoms with Gasteiger partial charge in [-0.15, -0.1) is 0 Å². The summed E-state index contributed by atoms with van der Waals surface area (Å²) >= 11 is 12.4. The van der Waals surface area contributed by atoms with Crippen LogP contribution in [0.4, 0.5) is 28.4 Å². The van der Waals surface area contributed by atoms with E-state index < -0.39 is 0 Å². The number of ketones is 1. The number of anilines is 4. The van der Waals surface area contributed by atoms with Gasteiger partial charge in [-0.1, -0.05) is 41.4 Å². The highest BCUT2D eigenvalue weighted by Crippen LogP contribution is 2.41. The number of rotatable bonds is 5. The van der Waals surface area contributed by atoms with Crippen molar-refractivity contribution in [3.8, 4) is 11.5 Å². The van der Waals surface area contributed by atoms with Gasteiger partial charge in [0.15, 0.2) is 5.78 Å². The molecule has 1 aliphatic rings. The van der Waals surface area contributed by atoms with Crippen molar-refractivity contribution in [2.75, 3.05) is 10.6 Å². The number of aromatic hydroxyl groups is 2. The molecule has 0 atom stereocenters. The molecule has 1 aliphatic carbocycles. The number of phenolic OH excluding ortho intramolecular Hbond substituents is 2. The van der Waals surface area contributed by atoms with Crippen LogP contribution in [-0.4, -0.2) is 21.7 Å². The van der Waals surface area contributed by atoms with Gasteiger partial charge in [-0.05, 0) is 48.9 Å². The Morgan fingerprint density at radius 2 is 1.61 bits per heavy atom. The first kappa shape index (κ1) is 22.5. The molecule has 3 aromatic carbocycles. The second-order valence-electron chi connectivity index (χ2n) is 7.34. The van der Waals surface area contributed by atoms with E-state index in [-0.39, 0.29) is 27.3 Å². The van der Waals surface area contributed by atoms with E-state index >= 15 is 0 Å². The molecule has 0 saturated carbocycles. The molecule has 0 bridgehead atoms. The van der Waals surface area contributed by atoms with Gasteiger partial charge in [-0.3, -0.25) is 4.79 Å². The maximum Gasteiger partial charge on any atom is 0.180 e. The number of carbonyl (C=O) groups excluding carboxylic acids is 1. The van der Waals surface area contributed by atoms with Crippen LogP contribution < -0.4 is 10.6 Å². The minimum atomic E-state index is -0.216. The third-order valence-corrected chi connectivity index (χ3v) is 5.53. The molecule has 6 nitrogen and oxygen atoms in total. The Bertz CT molecular complexity index is 1350. The van der Waals surface area contributed by atoms with Crippen molar-refractivity contribution in [2.24, 2.45) is 4.99 Å². The van der Waals surface area contributed by atoms with Crippen molar-refractivity contribution in [1.29, 1.82) is 0 Å². The number of aryl methyl sites for hydroxylation is 1. The molecule has 4 N–H and O–H groups in total. The summed E-state index contributed by atoms with van der Waals surface area (Å²) in [5.74, 6) is -0.234. The third kappa shape index (κ3) is 5.19. The molecule has 0 amide bonds. The number of allylic oxidation sites excluding steroid dienone is 4. The summed E-state index contributed by atoms with van der Waals surface area (Å²) in [5.41, 5.74) is 4.09. The number of carbonyl (C=O) groups is 1. The van der Waals surface area contributed by atoms with Crippen LogP contribution in [0.2, 0.25) is 5.02 Å². The summed E-state index contributed by atoms with van der Waals surface area (Å²) < 4.78 is 0. The van der Waals surface area contributed by atoms with Crippen LogP contribution >= 0.6 is 23.2 Å². The highest BCUT2D eigenvalue weighted by atomic mass is 35.5. The average molecular weight is 480 g/mol. The highest BCUT2D eigenvalue weighted by molar-refractivity contribution is 6.48. The van der Waals surface area contributed by atoms with E-state index in [1.807, 2.05) is 31.2 Å². The zero-order chi connectivity index (χ0) is 23.5. The van der Waals surface area contributed by atoms with E-state index in [0.29, 0.717) is 28.5 Å². The number of nitrogens with zero attached hydrogens (tertiary/aromatic N) is 1. The molecule has 0 unspecified atom stereocenters. The van der Waals surface area contributed by atoms with Crippen molar-refractivity contribution in [3.63, 3.8) is 0 Å². The Morgan fingerprint density at radius 1 is 0.848 bits per heavy atom. The van der Waals surface area contributed by atoms with Crippen LogP contribution in [0, 0.1) is 6.92 Å². The molecule has 0 radical (unpaired) electrons. The number of para-hydroxylation sites is 1.